The normalized spacial score (nSPS) is 19.2. The molecule has 0 aromatic carbocycles. The second kappa shape index (κ2) is 5.22. The predicted molar refractivity (Wildman–Crippen MR) is 67.4 cm³/mol. The van der Waals surface area contributed by atoms with Gasteiger partial charge in [-0.05, 0) is 12.8 Å². The Balaban J connectivity index is 2.44. The summed E-state index contributed by atoms with van der Waals surface area (Å²) >= 11 is 6.96. The number of nitrogens with zero attached hydrogens (tertiary/aromatic N) is 5. The van der Waals surface area contributed by atoms with Crippen molar-refractivity contribution in [3.8, 4) is 12.1 Å². The minimum Gasteiger partial charge on any atom is -0.355 e. The van der Waals surface area contributed by atoms with Crippen molar-refractivity contribution < 1.29 is 0 Å². The van der Waals surface area contributed by atoms with Crippen molar-refractivity contribution in [2.24, 2.45) is 8.80 Å². The van der Waals surface area contributed by atoms with Crippen molar-refractivity contribution in [2.45, 2.75) is 12.8 Å². The zero-order valence-electron chi connectivity index (χ0n) is 8.85. The second-order valence-corrected chi connectivity index (χ2v) is 4.43. The zero-order valence-corrected chi connectivity index (χ0v) is 10.4. The smallest absolute Gasteiger partial charge is 0.152 e. The number of nitriles is 2. The molecule has 0 bridgehead atoms. The third-order valence-corrected chi connectivity index (χ3v) is 3.45. The number of likely N-dealkylation sites (tertiary alicyclic amines) is 1. The zero-order chi connectivity index (χ0) is 12.3. The Hall–Kier alpha value is -1.50. The molecule has 7 heteroatoms. The number of allylic oxidation sites excluding steroid dienone is 1. The van der Waals surface area contributed by atoms with E-state index in [1.54, 1.807) is 0 Å². The quantitative estimate of drug-likeness (QED) is 0.496. The third kappa shape index (κ3) is 2.28. The molecule has 17 heavy (non-hydrogen) atoms. The van der Waals surface area contributed by atoms with E-state index in [1.807, 2.05) is 17.0 Å². The largest absolute Gasteiger partial charge is 0.355 e. The van der Waals surface area contributed by atoms with Crippen LogP contribution in [0.25, 0.3) is 0 Å². The Morgan fingerprint density at radius 1 is 1.24 bits per heavy atom. The molecule has 2 rings (SSSR count). The van der Waals surface area contributed by atoms with Crippen LogP contribution in [-0.4, -0.2) is 29.0 Å². The summed E-state index contributed by atoms with van der Waals surface area (Å²) in [6.45, 7) is 1.74. The van der Waals surface area contributed by atoms with Gasteiger partial charge in [0.25, 0.3) is 0 Å². The molecule has 5 nitrogen and oxygen atoms in total. The molecule has 0 N–H and O–H groups in total. The molecule has 0 aromatic heterocycles. The second-order valence-electron chi connectivity index (χ2n) is 3.55. The van der Waals surface area contributed by atoms with Crippen LogP contribution < -0.4 is 0 Å². The average molecular weight is 266 g/mol. The molecular weight excluding hydrogens is 258 g/mol. The van der Waals surface area contributed by atoms with Crippen LogP contribution in [0.3, 0.4) is 0 Å². The van der Waals surface area contributed by atoms with E-state index in [2.05, 4.69) is 8.80 Å². The van der Waals surface area contributed by atoms with Gasteiger partial charge in [0.1, 0.15) is 29.8 Å². The highest BCUT2D eigenvalue weighted by atomic mass is 35.5. The summed E-state index contributed by atoms with van der Waals surface area (Å²) in [5.41, 5.74) is 0.321. The maximum atomic E-state index is 8.93. The molecule has 0 amide bonds. The van der Waals surface area contributed by atoms with Gasteiger partial charge in [0.2, 0.25) is 0 Å². The molecule has 2 aliphatic rings. The summed E-state index contributed by atoms with van der Waals surface area (Å²) in [6.07, 6.45) is 2.17. The van der Waals surface area contributed by atoms with Crippen LogP contribution in [0.2, 0.25) is 0 Å². The van der Waals surface area contributed by atoms with Crippen molar-refractivity contribution in [2.75, 3.05) is 13.1 Å². The van der Waals surface area contributed by atoms with Gasteiger partial charge in [-0.25, -0.2) is 0 Å². The molecule has 2 heterocycles. The summed E-state index contributed by atoms with van der Waals surface area (Å²) in [4.78, 5) is 2.04. The van der Waals surface area contributed by atoms with Gasteiger partial charge in [0.15, 0.2) is 11.0 Å². The molecule has 0 aromatic rings. The molecular formula is C10H8ClN5S. The first kappa shape index (κ1) is 12.0. The standard InChI is InChI=1S/C10H8ClN5S/c11-9-8(7(5-12)6-13)10(15-17-14-9)16-3-1-2-4-16/h1-4H2. The van der Waals surface area contributed by atoms with Crippen LogP contribution in [0.4, 0.5) is 0 Å². The van der Waals surface area contributed by atoms with Crippen molar-refractivity contribution in [1.82, 2.24) is 4.90 Å². The van der Waals surface area contributed by atoms with E-state index in [9.17, 15) is 0 Å². The van der Waals surface area contributed by atoms with Crippen molar-refractivity contribution in [3.05, 3.63) is 11.1 Å². The summed E-state index contributed by atoms with van der Waals surface area (Å²) in [5, 5.41) is 18.0. The highest BCUT2D eigenvalue weighted by Gasteiger charge is 2.28. The van der Waals surface area contributed by atoms with Crippen molar-refractivity contribution in [3.63, 3.8) is 0 Å². The fourth-order valence-corrected chi connectivity index (χ4v) is 2.53. The lowest BCUT2D eigenvalue weighted by molar-refractivity contribution is 0.522. The van der Waals surface area contributed by atoms with E-state index in [0.717, 1.165) is 38.1 Å². The molecule has 0 spiro atoms. The summed E-state index contributed by atoms with van der Waals surface area (Å²) in [6, 6.07) is 3.68. The van der Waals surface area contributed by atoms with Gasteiger partial charge in [-0.1, -0.05) is 11.6 Å². The summed E-state index contributed by atoms with van der Waals surface area (Å²) < 4.78 is 8.06. The Morgan fingerprint density at radius 2 is 1.88 bits per heavy atom. The van der Waals surface area contributed by atoms with E-state index >= 15 is 0 Å². The fraction of sp³-hybridized carbons (Fsp3) is 0.400. The lowest BCUT2D eigenvalue weighted by Gasteiger charge is -2.22. The van der Waals surface area contributed by atoms with Gasteiger partial charge in [0.05, 0.1) is 5.57 Å². The van der Waals surface area contributed by atoms with Gasteiger partial charge in [-0.15, -0.1) is 0 Å². The van der Waals surface area contributed by atoms with Crippen molar-refractivity contribution >= 4 is 34.7 Å². The first-order valence-corrected chi connectivity index (χ1v) is 6.16. The Labute approximate surface area is 108 Å². The maximum Gasteiger partial charge on any atom is 0.152 e. The molecule has 0 atom stereocenters. The van der Waals surface area contributed by atoms with E-state index in [1.165, 1.54) is 0 Å². The minimum absolute atomic E-state index is 0.0373. The Bertz CT molecular complexity index is 486. The average Bonchev–Trinajstić information content (AvgIpc) is 2.86. The van der Waals surface area contributed by atoms with Crippen LogP contribution in [0.1, 0.15) is 12.8 Å². The van der Waals surface area contributed by atoms with Crippen molar-refractivity contribution in [1.29, 1.82) is 10.5 Å². The number of hydrogen-bond donors (Lipinski definition) is 0. The highest BCUT2D eigenvalue weighted by molar-refractivity contribution is 7.97. The van der Waals surface area contributed by atoms with E-state index in [0.29, 0.717) is 11.4 Å². The van der Waals surface area contributed by atoms with Crippen LogP contribution in [0.15, 0.2) is 19.9 Å². The summed E-state index contributed by atoms with van der Waals surface area (Å²) in [7, 11) is 0. The number of rotatable bonds is 0. The molecule has 86 valence electrons. The van der Waals surface area contributed by atoms with E-state index in [-0.39, 0.29) is 10.7 Å². The monoisotopic (exact) mass is 265 g/mol. The molecule has 2 aliphatic heterocycles. The number of amidine groups is 1. The third-order valence-electron chi connectivity index (χ3n) is 2.56. The molecule has 0 unspecified atom stereocenters. The maximum absolute atomic E-state index is 8.93. The van der Waals surface area contributed by atoms with Crippen LogP contribution in [0, 0.1) is 22.7 Å². The van der Waals surface area contributed by atoms with Gasteiger partial charge >= 0.3 is 0 Å². The van der Waals surface area contributed by atoms with Gasteiger partial charge in [0, 0.05) is 13.1 Å². The Morgan fingerprint density at radius 3 is 2.47 bits per heavy atom. The molecule has 1 saturated heterocycles. The lowest BCUT2D eigenvalue weighted by atomic mass is 10.1. The SMILES string of the molecule is N#CC(C#N)=C1C(Cl)=NSN=C1N1CCCC1. The van der Waals surface area contributed by atoms with Crippen LogP contribution in [0.5, 0.6) is 0 Å². The molecule has 1 fully saturated rings. The first-order valence-electron chi connectivity index (χ1n) is 5.05. The Kier molecular flexibility index (Phi) is 3.68. The first-order chi connectivity index (χ1) is 8.27. The molecule has 0 radical (unpaired) electrons. The predicted octanol–water partition coefficient (Wildman–Crippen LogP) is 2.04. The lowest BCUT2D eigenvalue weighted by Crippen LogP contribution is -2.32. The summed E-state index contributed by atoms with van der Waals surface area (Å²) in [5.74, 6) is 0.602. The molecule has 0 aliphatic carbocycles. The van der Waals surface area contributed by atoms with Crippen LogP contribution >= 0.6 is 23.7 Å². The number of halogens is 1. The topological polar surface area (TPSA) is 75.5 Å². The van der Waals surface area contributed by atoms with E-state index < -0.39 is 0 Å². The van der Waals surface area contributed by atoms with Gasteiger partial charge < -0.3 is 4.90 Å². The van der Waals surface area contributed by atoms with Crippen LogP contribution in [-0.2, 0) is 0 Å². The highest BCUT2D eigenvalue weighted by Crippen LogP contribution is 2.26. The number of hydrogen-bond acceptors (Lipinski definition) is 6. The van der Waals surface area contributed by atoms with Gasteiger partial charge in [-0.3, -0.25) is 0 Å². The van der Waals surface area contributed by atoms with E-state index in [4.69, 9.17) is 22.1 Å². The van der Waals surface area contributed by atoms with Gasteiger partial charge in [-0.2, -0.15) is 19.3 Å². The fourth-order valence-electron chi connectivity index (χ4n) is 1.78. The minimum atomic E-state index is -0.0373. The molecule has 0 saturated carbocycles.